The Bertz CT molecular complexity index is 1510. The lowest BCUT2D eigenvalue weighted by molar-refractivity contribution is -0.146. The zero-order valence-corrected chi connectivity index (χ0v) is 23.8. The van der Waals surface area contributed by atoms with Crippen LogP contribution in [0.2, 0.25) is 0 Å². The average Bonchev–Trinajstić information content (AvgIpc) is 3.58. The molecule has 0 saturated carbocycles. The third kappa shape index (κ3) is 7.02. The summed E-state index contributed by atoms with van der Waals surface area (Å²) in [7, 11) is 0. The van der Waals surface area contributed by atoms with E-state index in [4.69, 9.17) is 9.47 Å². The summed E-state index contributed by atoms with van der Waals surface area (Å²) in [6.45, 7) is 2.19. The van der Waals surface area contributed by atoms with E-state index in [1.54, 1.807) is 12.3 Å². The number of nitrogens with one attached hydrogen (secondary N) is 2. The second kappa shape index (κ2) is 13.4. The van der Waals surface area contributed by atoms with Gasteiger partial charge in [0, 0.05) is 11.3 Å². The highest BCUT2D eigenvalue weighted by Gasteiger charge is 2.29. The lowest BCUT2D eigenvalue weighted by atomic mass is 9.98. The van der Waals surface area contributed by atoms with Gasteiger partial charge in [0.05, 0.1) is 31.4 Å². The van der Waals surface area contributed by atoms with Crippen molar-refractivity contribution in [2.24, 2.45) is 0 Å². The molecule has 1 aliphatic carbocycles. The SMILES string of the molecule is C[C@@H](OCc1ccccc1)[C@H](NC(=O)Cc1csc(CNC(=O)OCC2c3ccccc3-c3ccccc32)n1)C(=O)O. The maximum atomic E-state index is 12.6. The molecule has 42 heavy (non-hydrogen) atoms. The Labute approximate surface area is 247 Å². The lowest BCUT2D eigenvalue weighted by Gasteiger charge is -2.22. The molecule has 0 bridgehead atoms. The van der Waals surface area contributed by atoms with Gasteiger partial charge in [-0.3, -0.25) is 4.79 Å². The van der Waals surface area contributed by atoms with E-state index < -0.39 is 30.1 Å². The number of benzene rings is 3. The summed E-state index contributed by atoms with van der Waals surface area (Å²) in [4.78, 5) is 41.3. The third-order valence-electron chi connectivity index (χ3n) is 7.08. The number of rotatable bonds is 12. The van der Waals surface area contributed by atoms with Gasteiger partial charge in [0.15, 0.2) is 6.04 Å². The summed E-state index contributed by atoms with van der Waals surface area (Å²) < 4.78 is 11.3. The minimum absolute atomic E-state index is 0.0331. The number of alkyl carbamates (subject to hydrolysis) is 1. The van der Waals surface area contributed by atoms with Crippen LogP contribution >= 0.6 is 11.3 Å². The first-order valence-corrected chi connectivity index (χ1v) is 14.5. The number of hydrogen-bond acceptors (Lipinski definition) is 7. The molecule has 0 spiro atoms. The molecule has 3 N–H and O–H groups in total. The molecule has 0 saturated heterocycles. The predicted molar refractivity (Wildman–Crippen MR) is 158 cm³/mol. The van der Waals surface area contributed by atoms with Crippen LogP contribution in [0, 0.1) is 0 Å². The highest BCUT2D eigenvalue weighted by Crippen LogP contribution is 2.44. The van der Waals surface area contributed by atoms with Crippen LogP contribution in [0.5, 0.6) is 0 Å². The molecule has 1 aromatic heterocycles. The van der Waals surface area contributed by atoms with Gasteiger partial charge in [-0.2, -0.15) is 0 Å². The van der Waals surface area contributed by atoms with Crippen molar-refractivity contribution in [2.45, 2.75) is 44.6 Å². The van der Waals surface area contributed by atoms with Crippen molar-refractivity contribution in [3.8, 4) is 11.1 Å². The number of aliphatic carboxylic acids is 1. The topological polar surface area (TPSA) is 127 Å². The second-order valence-corrected chi connectivity index (χ2v) is 10.9. The van der Waals surface area contributed by atoms with Gasteiger partial charge in [-0.05, 0) is 34.7 Å². The van der Waals surface area contributed by atoms with Gasteiger partial charge < -0.3 is 25.2 Å². The second-order valence-electron chi connectivity index (χ2n) is 9.97. The molecule has 10 heteroatoms. The first-order chi connectivity index (χ1) is 20.4. The predicted octanol–water partition coefficient (Wildman–Crippen LogP) is 4.90. The Balaban J connectivity index is 1.08. The van der Waals surface area contributed by atoms with Crippen molar-refractivity contribution >= 4 is 29.3 Å². The number of carbonyl (C=O) groups excluding carboxylic acids is 2. The van der Waals surface area contributed by atoms with Crippen LogP contribution in [0.15, 0.2) is 84.2 Å². The number of carbonyl (C=O) groups is 3. The van der Waals surface area contributed by atoms with Gasteiger partial charge in [-0.15, -0.1) is 11.3 Å². The summed E-state index contributed by atoms with van der Waals surface area (Å²) in [5, 5.41) is 17.2. The average molecular weight is 586 g/mol. The van der Waals surface area contributed by atoms with Crippen molar-refractivity contribution in [3.63, 3.8) is 0 Å². The number of nitrogens with zero attached hydrogens (tertiary/aromatic N) is 1. The van der Waals surface area contributed by atoms with Crippen LogP contribution < -0.4 is 10.6 Å². The largest absolute Gasteiger partial charge is 0.480 e. The number of ether oxygens (including phenoxy) is 2. The number of carboxylic acids is 1. The van der Waals surface area contributed by atoms with E-state index >= 15 is 0 Å². The van der Waals surface area contributed by atoms with Crippen molar-refractivity contribution in [1.29, 1.82) is 0 Å². The van der Waals surface area contributed by atoms with Crippen LogP contribution in [0.3, 0.4) is 0 Å². The number of aromatic nitrogens is 1. The molecule has 5 rings (SSSR count). The minimum Gasteiger partial charge on any atom is -0.480 e. The Hall–Kier alpha value is -4.54. The fourth-order valence-corrected chi connectivity index (χ4v) is 5.71. The Morgan fingerprint density at radius 2 is 1.60 bits per heavy atom. The van der Waals surface area contributed by atoms with Gasteiger partial charge in [0.25, 0.3) is 0 Å². The maximum Gasteiger partial charge on any atom is 0.407 e. The summed E-state index contributed by atoms with van der Waals surface area (Å²) in [5.41, 5.74) is 5.97. The molecule has 1 heterocycles. The minimum atomic E-state index is -1.21. The van der Waals surface area contributed by atoms with Crippen LogP contribution in [0.1, 0.15) is 40.2 Å². The Kier molecular flexibility index (Phi) is 9.25. The summed E-state index contributed by atoms with van der Waals surface area (Å²) in [6, 6.07) is 24.4. The zero-order chi connectivity index (χ0) is 29.5. The zero-order valence-electron chi connectivity index (χ0n) is 23.0. The van der Waals surface area contributed by atoms with Crippen LogP contribution in [-0.2, 0) is 38.6 Å². The first kappa shape index (κ1) is 29.0. The Morgan fingerprint density at radius 1 is 0.952 bits per heavy atom. The highest BCUT2D eigenvalue weighted by atomic mass is 32.1. The fraction of sp³-hybridized carbons (Fsp3) is 0.250. The van der Waals surface area contributed by atoms with Crippen molar-refractivity contribution in [1.82, 2.24) is 15.6 Å². The molecule has 0 aliphatic heterocycles. The maximum absolute atomic E-state index is 12.6. The molecule has 1 aliphatic rings. The molecular weight excluding hydrogens is 554 g/mol. The molecule has 2 atom stereocenters. The molecule has 0 unspecified atom stereocenters. The molecule has 2 amide bonds. The van der Waals surface area contributed by atoms with Gasteiger partial charge in [0.2, 0.25) is 5.91 Å². The van der Waals surface area contributed by atoms with E-state index in [2.05, 4.69) is 39.9 Å². The normalized spacial score (nSPS) is 13.5. The summed E-state index contributed by atoms with van der Waals surface area (Å²) in [5.74, 6) is -1.71. The van der Waals surface area contributed by atoms with Crippen molar-refractivity contribution < 1.29 is 29.0 Å². The van der Waals surface area contributed by atoms with E-state index in [1.807, 2.05) is 54.6 Å². The number of hydrogen-bond donors (Lipinski definition) is 3. The van der Waals surface area contributed by atoms with E-state index in [-0.39, 0.29) is 32.1 Å². The highest BCUT2D eigenvalue weighted by molar-refractivity contribution is 7.09. The van der Waals surface area contributed by atoms with Crippen LogP contribution in [0.25, 0.3) is 11.1 Å². The molecular formula is C32H31N3O6S. The van der Waals surface area contributed by atoms with E-state index in [1.165, 1.54) is 11.3 Å². The quantitative estimate of drug-likeness (QED) is 0.216. The monoisotopic (exact) mass is 585 g/mol. The molecule has 0 radical (unpaired) electrons. The number of thiazole rings is 1. The van der Waals surface area contributed by atoms with Gasteiger partial charge in [-0.1, -0.05) is 78.9 Å². The number of amides is 2. The van der Waals surface area contributed by atoms with E-state index in [0.717, 1.165) is 27.8 Å². The first-order valence-electron chi connectivity index (χ1n) is 13.6. The van der Waals surface area contributed by atoms with Gasteiger partial charge in [0.1, 0.15) is 11.6 Å². The van der Waals surface area contributed by atoms with E-state index in [9.17, 15) is 19.5 Å². The molecule has 9 nitrogen and oxygen atoms in total. The van der Waals surface area contributed by atoms with Crippen molar-refractivity contribution in [3.05, 3.63) is 112 Å². The molecule has 216 valence electrons. The standard InChI is InChI=1S/C32H31N3O6S/c1-20(40-17-21-9-3-2-4-10-21)30(31(37)38)35-28(36)15-22-19-42-29(34-22)16-33-32(39)41-18-27-25-13-7-5-11-23(25)24-12-6-8-14-26(24)27/h2-14,19-20,27,30H,15-18H2,1H3,(H,33,39)(H,35,36)(H,37,38)/t20-,30+/m1/s1. The molecule has 4 aromatic rings. The third-order valence-corrected chi connectivity index (χ3v) is 7.97. The summed E-state index contributed by atoms with van der Waals surface area (Å²) >= 11 is 1.29. The number of fused-ring (bicyclic) bond motifs is 3. The van der Waals surface area contributed by atoms with E-state index in [0.29, 0.717) is 10.7 Å². The van der Waals surface area contributed by atoms with Gasteiger partial charge >= 0.3 is 12.1 Å². The van der Waals surface area contributed by atoms with Gasteiger partial charge in [-0.25, -0.2) is 14.6 Å². The van der Waals surface area contributed by atoms with Crippen molar-refractivity contribution in [2.75, 3.05) is 6.61 Å². The van der Waals surface area contributed by atoms with Crippen LogP contribution in [0.4, 0.5) is 4.79 Å². The molecule has 3 aromatic carbocycles. The fourth-order valence-electron chi connectivity index (χ4n) is 4.98. The Morgan fingerprint density at radius 3 is 2.26 bits per heavy atom. The molecule has 0 fully saturated rings. The van der Waals surface area contributed by atoms with Crippen LogP contribution in [-0.4, -0.2) is 46.8 Å². The summed E-state index contributed by atoms with van der Waals surface area (Å²) in [6.07, 6.45) is -1.41. The lowest BCUT2D eigenvalue weighted by Crippen LogP contribution is -2.49. The smallest absolute Gasteiger partial charge is 0.407 e. The number of carboxylic acid groups (broad SMARTS) is 1.